The second-order valence-electron chi connectivity index (χ2n) is 5.42. The molecule has 24 heavy (non-hydrogen) atoms. The summed E-state index contributed by atoms with van der Waals surface area (Å²) in [5.41, 5.74) is 0. The lowest BCUT2D eigenvalue weighted by Gasteiger charge is -2.18. The van der Waals surface area contributed by atoms with Gasteiger partial charge in [0.1, 0.15) is 6.54 Å². The Morgan fingerprint density at radius 1 is 1.29 bits per heavy atom. The third-order valence-electron chi connectivity index (χ3n) is 3.30. The predicted octanol–water partition coefficient (Wildman–Crippen LogP) is 1.30. The molecule has 0 spiro atoms. The van der Waals surface area contributed by atoms with Gasteiger partial charge in [0.05, 0.1) is 0 Å². The first-order valence-corrected chi connectivity index (χ1v) is 9.51. The van der Waals surface area contributed by atoms with Gasteiger partial charge in [0.2, 0.25) is 5.91 Å². The van der Waals surface area contributed by atoms with Crippen LogP contribution in [0, 0.1) is 0 Å². The fourth-order valence-corrected chi connectivity index (χ4v) is 3.85. The Morgan fingerprint density at radius 2 is 2.04 bits per heavy atom. The maximum absolute atomic E-state index is 12.0. The lowest BCUT2D eigenvalue weighted by molar-refractivity contribution is -0.144. The van der Waals surface area contributed by atoms with E-state index in [1.54, 1.807) is 36.9 Å². The van der Waals surface area contributed by atoms with Crippen LogP contribution in [0.4, 0.5) is 4.79 Å². The van der Waals surface area contributed by atoms with Crippen LogP contribution in [0.5, 0.6) is 0 Å². The molecule has 1 aliphatic rings. The van der Waals surface area contributed by atoms with Crippen LogP contribution in [-0.4, -0.2) is 58.4 Å². The van der Waals surface area contributed by atoms with Crippen LogP contribution in [0.3, 0.4) is 0 Å². The molecule has 0 radical (unpaired) electrons. The van der Waals surface area contributed by atoms with Crippen LogP contribution in [0.1, 0.15) is 18.7 Å². The second kappa shape index (κ2) is 8.29. The fourth-order valence-electron chi connectivity index (χ4n) is 2.15. The molecule has 2 rings (SSSR count). The average Bonchev–Trinajstić information content (AvgIpc) is 3.10. The van der Waals surface area contributed by atoms with Crippen molar-refractivity contribution < 1.29 is 19.2 Å². The molecule has 0 aliphatic carbocycles. The summed E-state index contributed by atoms with van der Waals surface area (Å²) in [6, 6.07) is 2.89. The molecule has 1 aromatic heterocycles. The molecular weight excluding hydrogens is 350 g/mol. The van der Waals surface area contributed by atoms with Crippen LogP contribution in [0.25, 0.3) is 0 Å². The van der Waals surface area contributed by atoms with Crippen molar-refractivity contribution in [1.82, 2.24) is 15.1 Å². The molecule has 2 heterocycles. The Hall–Kier alpha value is -1.87. The maximum atomic E-state index is 12.0. The van der Waals surface area contributed by atoms with E-state index in [0.717, 1.165) is 16.4 Å². The number of imide groups is 2. The van der Waals surface area contributed by atoms with Crippen molar-refractivity contribution >= 4 is 46.9 Å². The summed E-state index contributed by atoms with van der Waals surface area (Å²) >= 11 is 3.37. The highest BCUT2D eigenvalue weighted by atomic mass is 32.2. The molecule has 0 atom stereocenters. The summed E-state index contributed by atoms with van der Waals surface area (Å²) < 4.78 is 0. The van der Waals surface area contributed by atoms with Gasteiger partial charge >= 0.3 is 17.8 Å². The number of carbonyl (C=O) groups excluding carboxylic acids is 4. The van der Waals surface area contributed by atoms with E-state index < -0.39 is 36.3 Å². The summed E-state index contributed by atoms with van der Waals surface area (Å²) in [5, 5.41) is 4.67. The van der Waals surface area contributed by atoms with Crippen LogP contribution >= 0.6 is 23.1 Å². The summed E-state index contributed by atoms with van der Waals surface area (Å²) in [5.74, 6) is -0.672. The normalized spacial score (nSPS) is 14.9. The van der Waals surface area contributed by atoms with Gasteiger partial charge in [0, 0.05) is 29.0 Å². The molecule has 0 saturated carbocycles. The van der Waals surface area contributed by atoms with Crippen LogP contribution < -0.4 is 5.32 Å². The molecule has 1 aromatic rings. The fraction of sp³-hybridized carbons (Fsp3) is 0.467. The number of rotatable bonds is 8. The Balaban J connectivity index is 1.73. The minimum absolute atomic E-state index is 0.421. The number of amides is 5. The lowest BCUT2D eigenvalue weighted by Crippen LogP contribution is -2.42. The number of nitrogens with zero attached hydrogens (tertiary/aromatic N) is 2. The minimum atomic E-state index is -0.948. The van der Waals surface area contributed by atoms with Gasteiger partial charge in [-0.15, -0.1) is 11.3 Å². The standard InChI is InChI=1S/C15H19N3O4S2/c1-10(2)18-14(21)13(20)17(15(18)22)8-12(19)16-5-7-23-9-11-4-3-6-24-11/h3-4,6,10H,5,7-9H2,1-2H3,(H,16,19). The molecule has 7 nitrogen and oxygen atoms in total. The SMILES string of the molecule is CC(C)N1C(=O)C(=O)N(CC(=O)NCCSCc2cccs2)C1=O. The van der Waals surface area contributed by atoms with Gasteiger partial charge in [0.25, 0.3) is 0 Å². The molecular formula is C15H19N3O4S2. The monoisotopic (exact) mass is 369 g/mol. The Morgan fingerprint density at radius 3 is 2.62 bits per heavy atom. The molecule has 0 aromatic carbocycles. The smallest absolute Gasteiger partial charge is 0.334 e. The highest BCUT2D eigenvalue weighted by molar-refractivity contribution is 7.98. The van der Waals surface area contributed by atoms with Gasteiger partial charge in [-0.2, -0.15) is 11.8 Å². The van der Waals surface area contributed by atoms with E-state index in [1.165, 1.54) is 4.88 Å². The summed E-state index contributed by atoms with van der Waals surface area (Å²) in [6.45, 7) is 3.28. The first-order valence-electron chi connectivity index (χ1n) is 7.47. The molecule has 130 valence electrons. The van der Waals surface area contributed by atoms with E-state index in [1.807, 2.05) is 11.4 Å². The van der Waals surface area contributed by atoms with Crippen molar-refractivity contribution in [2.75, 3.05) is 18.8 Å². The van der Waals surface area contributed by atoms with Crippen LogP contribution in [0.15, 0.2) is 17.5 Å². The van der Waals surface area contributed by atoms with Gasteiger partial charge in [-0.25, -0.2) is 9.69 Å². The summed E-state index contributed by atoms with van der Waals surface area (Å²) in [4.78, 5) is 50.3. The van der Waals surface area contributed by atoms with Gasteiger partial charge in [0.15, 0.2) is 0 Å². The Bertz CT molecular complexity index is 631. The third kappa shape index (κ3) is 4.35. The highest BCUT2D eigenvalue weighted by Crippen LogP contribution is 2.17. The average molecular weight is 369 g/mol. The van der Waals surface area contributed by atoms with E-state index in [2.05, 4.69) is 11.4 Å². The van der Waals surface area contributed by atoms with Crippen molar-refractivity contribution in [1.29, 1.82) is 0 Å². The van der Waals surface area contributed by atoms with Crippen LogP contribution in [-0.2, 0) is 20.1 Å². The number of thioether (sulfide) groups is 1. The van der Waals surface area contributed by atoms with Gasteiger partial charge < -0.3 is 5.32 Å². The van der Waals surface area contributed by atoms with Gasteiger partial charge in [-0.05, 0) is 25.3 Å². The third-order valence-corrected chi connectivity index (χ3v) is 5.36. The van der Waals surface area contributed by atoms with E-state index in [9.17, 15) is 19.2 Å². The van der Waals surface area contributed by atoms with Crippen molar-refractivity contribution in [2.45, 2.75) is 25.6 Å². The number of nitrogens with one attached hydrogen (secondary N) is 1. The van der Waals surface area contributed by atoms with Crippen molar-refractivity contribution in [3.63, 3.8) is 0 Å². The Kier molecular flexibility index (Phi) is 6.38. The molecule has 1 saturated heterocycles. The van der Waals surface area contributed by atoms with Crippen molar-refractivity contribution in [2.24, 2.45) is 0 Å². The van der Waals surface area contributed by atoms with E-state index in [4.69, 9.17) is 0 Å². The first kappa shape index (κ1) is 18.5. The number of hydrogen-bond acceptors (Lipinski definition) is 6. The number of carbonyl (C=O) groups is 4. The van der Waals surface area contributed by atoms with E-state index >= 15 is 0 Å². The first-order chi connectivity index (χ1) is 11.4. The number of urea groups is 1. The zero-order valence-electron chi connectivity index (χ0n) is 13.5. The molecule has 1 aliphatic heterocycles. The predicted molar refractivity (Wildman–Crippen MR) is 92.6 cm³/mol. The highest BCUT2D eigenvalue weighted by Gasteiger charge is 2.46. The summed E-state index contributed by atoms with van der Waals surface area (Å²) in [6.07, 6.45) is 0. The van der Waals surface area contributed by atoms with Crippen molar-refractivity contribution in [3.8, 4) is 0 Å². The second-order valence-corrected chi connectivity index (χ2v) is 7.56. The number of thiophene rings is 1. The van der Waals surface area contributed by atoms with Gasteiger partial charge in [-0.1, -0.05) is 6.07 Å². The number of hydrogen-bond donors (Lipinski definition) is 1. The lowest BCUT2D eigenvalue weighted by atomic mass is 10.3. The molecule has 1 N–H and O–H groups in total. The molecule has 0 bridgehead atoms. The topological polar surface area (TPSA) is 86.8 Å². The van der Waals surface area contributed by atoms with Gasteiger partial charge in [-0.3, -0.25) is 19.3 Å². The quantitative estimate of drug-likeness (QED) is 0.424. The van der Waals surface area contributed by atoms with E-state index in [0.29, 0.717) is 11.4 Å². The van der Waals surface area contributed by atoms with Crippen LogP contribution in [0.2, 0.25) is 0 Å². The molecule has 0 unspecified atom stereocenters. The van der Waals surface area contributed by atoms with Crippen molar-refractivity contribution in [3.05, 3.63) is 22.4 Å². The largest absolute Gasteiger partial charge is 0.354 e. The summed E-state index contributed by atoms with van der Waals surface area (Å²) in [7, 11) is 0. The molecule has 1 fully saturated rings. The van der Waals surface area contributed by atoms with E-state index in [-0.39, 0.29) is 0 Å². The zero-order valence-corrected chi connectivity index (χ0v) is 15.1. The minimum Gasteiger partial charge on any atom is -0.354 e. The Labute approximate surface area is 148 Å². The molecule has 9 heteroatoms. The molecule has 5 amide bonds. The maximum Gasteiger partial charge on any atom is 0.334 e. The zero-order chi connectivity index (χ0) is 17.7.